The predicted molar refractivity (Wildman–Crippen MR) is 72.0 cm³/mol. The van der Waals surface area contributed by atoms with Gasteiger partial charge in [-0.3, -0.25) is 4.99 Å². The zero-order valence-corrected chi connectivity index (χ0v) is 10.6. The SMILES string of the molecule is NC(=NCCc1cccc(F)c1)N1CCCCC1. The second kappa shape index (κ2) is 6.38. The molecule has 0 aliphatic carbocycles. The number of hydrogen-bond acceptors (Lipinski definition) is 1. The van der Waals surface area contributed by atoms with E-state index in [2.05, 4.69) is 9.89 Å². The first-order valence-corrected chi connectivity index (χ1v) is 6.55. The Morgan fingerprint density at radius 2 is 2.06 bits per heavy atom. The van der Waals surface area contributed by atoms with Gasteiger partial charge in [-0.1, -0.05) is 12.1 Å². The van der Waals surface area contributed by atoms with Crippen LogP contribution in [0.4, 0.5) is 4.39 Å². The van der Waals surface area contributed by atoms with Gasteiger partial charge < -0.3 is 10.6 Å². The van der Waals surface area contributed by atoms with E-state index in [1.165, 1.54) is 25.3 Å². The van der Waals surface area contributed by atoms with Gasteiger partial charge in [-0.15, -0.1) is 0 Å². The molecule has 3 nitrogen and oxygen atoms in total. The minimum atomic E-state index is -0.194. The number of guanidine groups is 1. The number of piperidine rings is 1. The standard InChI is InChI=1S/C14H20FN3/c15-13-6-4-5-12(11-13)7-8-17-14(16)18-9-2-1-3-10-18/h4-6,11H,1-3,7-10H2,(H2,16,17). The van der Waals surface area contributed by atoms with Gasteiger partial charge in [0, 0.05) is 19.6 Å². The number of benzene rings is 1. The van der Waals surface area contributed by atoms with Crippen LogP contribution in [0.25, 0.3) is 0 Å². The summed E-state index contributed by atoms with van der Waals surface area (Å²) in [6, 6.07) is 6.64. The van der Waals surface area contributed by atoms with Crippen LogP contribution in [0.1, 0.15) is 24.8 Å². The maximum Gasteiger partial charge on any atom is 0.191 e. The molecule has 2 rings (SSSR count). The van der Waals surface area contributed by atoms with Gasteiger partial charge in [0.15, 0.2) is 5.96 Å². The van der Waals surface area contributed by atoms with Crippen LogP contribution >= 0.6 is 0 Å². The van der Waals surface area contributed by atoms with Crippen LogP contribution in [0.2, 0.25) is 0 Å². The number of nitrogens with zero attached hydrogens (tertiary/aromatic N) is 2. The number of rotatable bonds is 3. The number of aliphatic imine (C=N–C) groups is 1. The van der Waals surface area contributed by atoms with E-state index in [1.807, 2.05) is 6.07 Å². The molecule has 1 fully saturated rings. The highest BCUT2D eigenvalue weighted by Crippen LogP contribution is 2.08. The Balaban J connectivity index is 1.83. The zero-order valence-electron chi connectivity index (χ0n) is 10.6. The second-order valence-corrected chi connectivity index (χ2v) is 4.67. The molecule has 0 radical (unpaired) electrons. The Labute approximate surface area is 108 Å². The van der Waals surface area contributed by atoms with Gasteiger partial charge in [-0.05, 0) is 43.4 Å². The lowest BCUT2D eigenvalue weighted by molar-refractivity contribution is 0.338. The lowest BCUT2D eigenvalue weighted by Crippen LogP contribution is -2.41. The normalized spacial score (nSPS) is 16.9. The van der Waals surface area contributed by atoms with E-state index >= 15 is 0 Å². The van der Waals surface area contributed by atoms with Crippen LogP contribution in [-0.4, -0.2) is 30.5 Å². The Kier molecular flexibility index (Phi) is 4.56. The van der Waals surface area contributed by atoms with Crippen LogP contribution in [-0.2, 0) is 6.42 Å². The van der Waals surface area contributed by atoms with Crippen molar-refractivity contribution in [3.63, 3.8) is 0 Å². The van der Waals surface area contributed by atoms with Gasteiger partial charge >= 0.3 is 0 Å². The summed E-state index contributed by atoms with van der Waals surface area (Å²) in [5, 5.41) is 0. The molecule has 4 heteroatoms. The molecule has 1 aromatic rings. The molecule has 18 heavy (non-hydrogen) atoms. The van der Waals surface area contributed by atoms with Crippen LogP contribution in [0.3, 0.4) is 0 Å². The molecular weight excluding hydrogens is 229 g/mol. The fraction of sp³-hybridized carbons (Fsp3) is 0.500. The summed E-state index contributed by atoms with van der Waals surface area (Å²) in [4.78, 5) is 6.50. The molecule has 2 N–H and O–H groups in total. The van der Waals surface area contributed by atoms with Crippen molar-refractivity contribution in [3.05, 3.63) is 35.6 Å². The third-order valence-corrected chi connectivity index (χ3v) is 3.24. The van der Waals surface area contributed by atoms with Crippen molar-refractivity contribution in [1.29, 1.82) is 0 Å². The molecule has 0 aromatic heterocycles. The van der Waals surface area contributed by atoms with Gasteiger partial charge in [-0.25, -0.2) is 4.39 Å². The molecule has 0 amide bonds. The van der Waals surface area contributed by atoms with Crippen LogP contribution in [0.15, 0.2) is 29.3 Å². The van der Waals surface area contributed by atoms with Crippen molar-refractivity contribution in [2.45, 2.75) is 25.7 Å². The van der Waals surface area contributed by atoms with E-state index in [-0.39, 0.29) is 5.82 Å². The van der Waals surface area contributed by atoms with Gasteiger partial charge in [-0.2, -0.15) is 0 Å². The summed E-state index contributed by atoms with van der Waals surface area (Å²) in [7, 11) is 0. The lowest BCUT2D eigenvalue weighted by Gasteiger charge is -2.27. The first kappa shape index (κ1) is 12.9. The molecule has 0 unspecified atom stereocenters. The summed E-state index contributed by atoms with van der Waals surface area (Å²) >= 11 is 0. The topological polar surface area (TPSA) is 41.6 Å². The fourth-order valence-electron chi connectivity index (χ4n) is 2.22. The fourth-order valence-corrected chi connectivity index (χ4v) is 2.22. The number of hydrogen-bond donors (Lipinski definition) is 1. The highest BCUT2D eigenvalue weighted by molar-refractivity contribution is 5.78. The smallest absolute Gasteiger partial charge is 0.191 e. The molecule has 0 bridgehead atoms. The molecule has 1 aliphatic rings. The summed E-state index contributed by atoms with van der Waals surface area (Å²) in [6.07, 6.45) is 4.40. The van der Waals surface area contributed by atoms with Crippen molar-refractivity contribution in [3.8, 4) is 0 Å². The van der Waals surface area contributed by atoms with Gasteiger partial charge in [0.2, 0.25) is 0 Å². The van der Waals surface area contributed by atoms with E-state index in [0.29, 0.717) is 12.5 Å². The van der Waals surface area contributed by atoms with Crippen molar-refractivity contribution in [2.75, 3.05) is 19.6 Å². The largest absolute Gasteiger partial charge is 0.370 e. The maximum absolute atomic E-state index is 13.0. The minimum absolute atomic E-state index is 0.194. The van der Waals surface area contributed by atoms with Crippen LogP contribution in [0, 0.1) is 5.82 Å². The first-order chi connectivity index (χ1) is 8.75. The summed E-state index contributed by atoms with van der Waals surface area (Å²) in [5.41, 5.74) is 6.91. The van der Waals surface area contributed by atoms with Crippen molar-refractivity contribution >= 4 is 5.96 Å². The van der Waals surface area contributed by atoms with E-state index in [1.54, 1.807) is 12.1 Å². The Hall–Kier alpha value is -1.58. The highest BCUT2D eigenvalue weighted by Gasteiger charge is 2.11. The monoisotopic (exact) mass is 249 g/mol. The third-order valence-electron chi connectivity index (χ3n) is 3.24. The molecule has 1 aliphatic heterocycles. The minimum Gasteiger partial charge on any atom is -0.370 e. The van der Waals surface area contributed by atoms with E-state index in [9.17, 15) is 4.39 Å². The van der Waals surface area contributed by atoms with Gasteiger partial charge in [0.1, 0.15) is 5.82 Å². The summed E-state index contributed by atoms with van der Waals surface area (Å²) in [5.74, 6) is 0.437. The molecule has 1 aromatic carbocycles. The Morgan fingerprint density at radius 3 is 2.78 bits per heavy atom. The Morgan fingerprint density at radius 1 is 1.28 bits per heavy atom. The molecule has 1 heterocycles. The average molecular weight is 249 g/mol. The lowest BCUT2D eigenvalue weighted by atomic mass is 10.1. The van der Waals surface area contributed by atoms with Crippen molar-refractivity contribution in [1.82, 2.24) is 4.90 Å². The molecule has 1 saturated heterocycles. The quantitative estimate of drug-likeness (QED) is 0.659. The van der Waals surface area contributed by atoms with Crippen LogP contribution in [0.5, 0.6) is 0 Å². The van der Waals surface area contributed by atoms with E-state index < -0.39 is 0 Å². The second-order valence-electron chi connectivity index (χ2n) is 4.67. The predicted octanol–water partition coefficient (Wildman–Crippen LogP) is 2.17. The molecule has 0 atom stereocenters. The maximum atomic E-state index is 13.0. The molecule has 0 saturated carbocycles. The van der Waals surface area contributed by atoms with Gasteiger partial charge in [0.05, 0.1) is 0 Å². The first-order valence-electron chi connectivity index (χ1n) is 6.55. The number of halogens is 1. The van der Waals surface area contributed by atoms with Gasteiger partial charge in [0.25, 0.3) is 0 Å². The third kappa shape index (κ3) is 3.72. The highest BCUT2D eigenvalue weighted by atomic mass is 19.1. The molecule has 0 spiro atoms. The zero-order chi connectivity index (χ0) is 12.8. The number of nitrogens with two attached hydrogens (primary N) is 1. The van der Waals surface area contributed by atoms with Crippen molar-refractivity contribution < 1.29 is 4.39 Å². The molecular formula is C14H20FN3. The Bertz CT molecular complexity index is 411. The summed E-state index contributed by atoms with van der Waals surface area (Å²) in [6.45, 7) is 2.64. The summed E-state index contributed by atoms with van der Waals surface area (Å²) < 4.78 is 13.0. The number of likely N-dealkylation sites (tertiary alicyclic amines) is 1. The molecule has 98 valence electrons. The van der Waals surface area contributed by atoms with E-state index in [0.717, 1.165) is 25.1 Å². The van der Waals surface area contributed by atoms with E-state index in [4.69, 9.17) is 5.73 Å². The van der Waals surface area contributed by atoms with Crippen LogP contribution < -0.4 is 5.73 Å². The van der Waals surface area contributed by atoms with Crippen molar-refractivity contribution in [2.24, 2.45) is 10.7 Å². The average Bonchev–Trinajstić information content (AvgIpc) is 2.40.